The van der Waals surface area contributed by atoms with Gasteiger partial charge in [0.05, 0.1) is 19.2 Å². The van der Waals surface area contributed by atoms with Gasteiger partial charge in [-0.05, 0) is 6.07 Å². The maximum Gasteiger partial charge on any atom is 0.358 e. The number of aliphatic hydroxyl groups excluding tert-OH is 2. The summed E-state index contributed by atoms with van der Waals surface area (Å²) < 4.78 is 31.0. The van der Waals surface area contributed by atoms with Gasteiger partial charge in [0.15, 0.2) is 11.5 Å². The molecule has 1 aliphatic heterocycles. The summed E-state index contributed by atoms with van der Waals surface area (Å²) >= 11 is 0. The predicted molar refractivity (Wildman–Crippen MR) is 86.7 cm³/mol. The average Bonchev–Trinajstić information content (AvgIpc) is 2.63. The third-order valence-corrected chi connectivity index (χ3v) is 3.75. The molecule has 1 amide bonds. The van der Waals surface area contributed by atoms with Gasteiger partial charge < -0.3 is 30.0 Å². The van der Waals surface area contributed by atoms with Crippen molar-refractivity contribution in [3.63, 3.8) is 0 Å². The number of hydrogen-bond donors (Lipinski definition) is 3. The second-order valence-electron chi connectivity index (χ2n) is 5.45. The van der Waals surface area contributed by atoms with E-state index in [0.29, 0.717) is 12.4 Å². The number of amides is 1. The molecular formula is C17H16F2N2O6. The highest BCUT2D eigenvalue weighted by Crippen LogP contribution is 2.25. The van der Waals surface area contributed by atoms with Crippen molar-refractivity contribution in [2.75, 3.05) is 13.7 Å². The SMILES string of the molecule is COC(=O)C1=C(O)C(O)C(C(=O)NCc2ccc(F)cc2F)=CN1CC=O. The van der Waals surface area contributed by atoms with Gasteiger partial charge in [0.25, 0.3) is 5.91 Å². The molecule has 0 spiro atoms. The van der Waals surface area contributed by atoms with E-state index in [4.69, 9.17) is 0 Å². The van der Waals surface area contributed by atoms with Crippen molar-refractivity contribution in [1.82, 2.24) is 10.2 Å². The lowest BCUT2D eigenvalue weighted by Crippen LogP contribution is -2.40. The van der Waals surface area contributed by atoms with Crippen LogP contribution in [0.1, 0.15) is 5.56 Å². The lowest BCUT2D eigenvalue weighted by Gasteiger charge is -2.29. The Labute approximate surface area is 152 Å². The minimum absolute atomic E-state index is 0.00425. The Morgan fingerprint density at radius 1 is 1.37 bits per heavy atom. The third-order valence-electron chi connectivity index (χ3n) is 3.75. The topological polar surface area (TPSA) is 116 Å². The molecule has 0 fully saturated rings. The minimum Gasteiger partial charge on any atom is -0.507 e. The van der Waals surface area contributed by atoms with Crippen molar-refractivity contribution in [3.05, 3.63) is 58.6 Å². The number of methoxy groups -OCH3 is 1. The Kier molecular flexibility index (Phi) is 6.24. The van der Waals surface area contributed by atoms with Crippen molar-refractivity contribution in [1.29, 1.82) is 0 Å². The molecule has 3 N–H and O–H groups in total. The molecule has 0 saturated heterocycles. The van der Waals surface area contributed by atoms with Crippen molar-refractivity contribution >= 4 is 18.2 Å². The Bertz CT molecular complexity index is 837. The van der Waals surface area contributed by atoms with Gasteiger partial charge >= 0.3 is 5.97 Å². The molecule has 8 nitrogen and oxygen atoms in total. The summed E-state index contributed by atoms with van der Waals surface area (Å²) in [7, 11) is 1.04. The fourth-order valence-corrected chi connectivity index (χ4v) is 2.40. The first-order valence-electron chi connectivity index (χ1n) is 7.63. The van der Waals surface area contributed by atoms with Crippen LogP contribution in [-0.2, 0) is 25.7 Å². The van der Waals surface area contributed by atoms with Gasteiger partial charge in [0.2, 0.25) is 0 Å². The van der Waals surface area contributed by atoms with E-state index in [1.54, 1.807) is 0 Å². The van der Waals surface area contributed by atoms with Crippen molar-refractivity contribution in [2.24, 2.45) is 0 Å². The standard InChI is InChI=1S/C17H16F2N2O6/c1-27-17(26)13-15(24)14(23)11(8-21(13)4-5-22)16(25)20-7-9-2-3-10(18)6-12(9)19/h2-3,5-6,8,14,23-24H,4,7H2,1H3,(H,20,25). The number of nitrogens with one attached hydrogen (secondary N) is 1. The number of aliphatic hydroxyl groups is 2. The lowest BCUT2D eigenvalue weighted by molar-refractivity contribution is -0.138. The molecule has 144 valence electrons. The first kappa shape index (κ1) is 20.0. The van der Waals surface area contributed by atoms with Crippen LogP contribution in [0.2, 0.25) is 0 Å². The largest absolute Gasteiger partial charge is 0.507 e. The number of ether oxygens (including phenoxy) is 1. The second kappa shape index (κ2) is 8.41. The van der Waals surface area contributed by atoms with Gasteiger partial charge in [-0.1, -0.05) is 6.07 Å². The van der Waals surface area contributed by atoms with E-state index in [-0.39, 0.29) is 17.7 Å². The molecule has 2 rings (SSSR count). The van der Waals surface area contributed by atoms with Crippen LogP contribution in [0.25, 0.3) is 0 Å². The fourth-order valence-electron chi connectivity index (χ4n) is 2.40. The minimum atomic E-state index is -1.86. The van der Waals surface area contributed by atoms with Crippen LogP contribution in [0.3, 0.4) is 0 Å². The number of hydrogen-bond acceptors (Lipinski definition) is 7. The number of carbonyl (C=O) groups excluding carboxylic acids is 3. The van der Waals surface area contributed by atoms with Crippen molar-refractivity contribution in [3.8, 4) is 0 Å². The van der Waals surface area contributed by atoms with Crippen LogP contribution in [-0.4, -0.2) is 53.0 Å². The van der Waals surface area contributed by atoms with E-state index in [1.807, 2.05) is 0 Å². The summed E-state index contributed by atoms with van der Waals surface area (Å²) in [4.78, 5) is 35.8. The van der Waals surface area contributed by atoms with Crippen LogP contribution in [0.5, 0.6) is 0 Å². The Morgan fingerprint density at radius 2 is 2.07 bits per heavy atom. The maximum absolute atomic E-state index is 13.6. The molecule has 0 aliphatic carbocycles. The van der Waals surface area contributed by atoms with E-state index in [2.05, 4.69) is 10.1 Å². The highest BCUT2D eigenvalue weighted by molar-refractivity contribution is 5.97. The number of benzene rings is 1. The number of carbonyl (C=O) groups is 3. The normalized spacial score (nSPS) is 16.7. The van der Waals surface area contributed by atoms with Gasteiger partial charge in [0.1, 0.15) is 24.0 Å². The number of esters is 1. The first-order chi connectivity index (χ1) is 12.8. The van der Waals surface area contributed by atoms with Crippen LogP contribution in [0.4, 0.5) is 8.78 Å². The van der Waals surface area contributed by atoms with Gasteiger partial charge in [-0.15, -0.1) is 0 Å². The molecule has 0 bridgehead atoms. The van der Waals surface area contributed by atoms with E-state index >= 15 is 0 Å². The molecular weight excluding hydrogens is 366 g/mol. The Morgan fingerprint density at radius 3 is 2.67 bits per heavy atom. The highest BCUT2D eigenvalue weighted by atomic mass is 19.1. The van der Waals surface area contributed by atoms with Crippen molar-refractivity contribution < 1.29 is 38.1 Å². The summed E-state index contributed by atoms with van der Waals surface area (Å²) in [5.41, 5.74) is -0.877. The van der Waals surface area contributed by atoms with E-state index in [9.17, 15) is 33.4 Å². The first-order valence-corrected chi connectivity index (χ1v) is 7.63. The number of halogens is 2. The van der Waals surface area contributed by atoms with Gasteiger partial charge in [-0.3, -0.25) is 4.79 Å². The molecule has 1 heterocycles. The molecule has 1 atom stereocenters. The van der Waals surface area contributed by atoms with Crippen molar-refractivity contribution in [2.45, 2.75) is 12.6 Å². The molecule has 1 aromatic rings. The summed E-state index contributed by atoms with van der Waals surface area (Å²) in [5, 5.41) is 22.5. The molecule has 10 heteroatoms. The van der Waals surface area contributed by atoms with Crippen LogP contribution in [0.15, 0.2) is 41.4 Å². The van der Waals surface area contributed by atoms with Crippen LogP contribution < -0.4 is 5.32 Å². The molecule has 27 heavy (non-hydrogen) atoms. The zero-order valence-electron chi connectivity index (χ0n) is 14.1. The van der Waals surface area contributed by atoms with Crippen LogP contribution in [0, 0.1) is 11.6 Å². The van der Waals surface area contributed by atoms with Gasteiger partial charge in [-0.2, -0.15) is 0 Å². The van der Waals surface area contributed by atoms with E-state index in [0.717, 1.165) is 30.3 Å². The zero-order valence-corrected chi connectivity index (χ0v) is 14.1. The molecule has 0 radical (unpaired) electrons. The molecule has 0 aromatic heterocycles. The quantitative estimate of drug-likeness (QED) is 0.478. The number of rotatable bonds is 6. The molecule has 1 unspecified atom stereocenters. The summed E-state index contributed by atoms with van der Waals surface area (Å²) in [6.07, 6.45) is -0.449. The maximum atomic E-state index is 13.6. The third kappa shape index (κ3) is 4.29. The van der Waals surface area contributed by atoms with E-state index in [1.165, 1.54) is 0 Å². The van der Waals surface area contributed by atoms with Crippen LogP contribution >= 0.6 is 0 Å². The predicted octanol–water partition coefficient (Wildman–Crippen LogP) is 0.283. The Hall–Kier alpha value is -3.27. The van der Waals surface area contributed by atoms with E-state index < -0.39 is 47.6 Å². The highest BCUT2D eigenvalue weighted by Gasteiger charge is 2.35. The Balaban J connectivity index is 2.22. The molecule has 1 aromatic carbocycles. The monoisotopic (exact) mass is 382 g/mol. The summed E-state index contributed by atoms with van der Waals surface area (Å²) in [6, 6.07) is 2.81. The average molecular weight is 382 g/mol. The number of nitrogens with zero attached hydrogens (tertiary/aromatic N) is 1. The fraction of sp³-hybridized carbons (Fsp3) is 0.235. The zero-order chi connectivity index (χ0) is 20.1. The smallest absolute Gasteiger partial charge is 0.358 e. The van der Waals surface area contributed by atoms with Gasteiger partial charge in [0, 0.05) is 24.4 Å². The summed E-state index contributed by atoms with van der Waals surface area (Å²) in [5.74, 6) is -4.42. The molecule has 1 aliphatic rings. The number of aldehydes is 1. The summed E-state index contributed by atoms with van der Waals surface area (Å²) in [6.45, 7) is -0.721. The second-order valence-corrected chi connectivity index (χ2v) is 5.45. The molecule has 0 saturated carbocycles. The van der Waals surface area contributed by atoms with Gasteiger partial charge in [-0.25, -0.2) is 13.6 Å². The lowest BCUT2D eigenvalue weighted by atomic mass is 10.0.